The molecule has 0 radical (unpaired) electrons. The van der Waals surface area contributed by atoms with Crippen molar-refractivity contribution in [3.63, 3.8) is 0 Å². The summed E-state index contributed by atoms with van der Waals surface area (Å²) < 4.78 is 44.9. The Labute approximate surface area is 186 Å². The summed E-state index contributed by atoms with van der Waals surface area (Å²) in [6, 6.07) is 0. The second kappa shape index (κ2) is 6.46. The number of aliphatic hydroxyl groups excluding tert-OH is 2. The van der Waals surface area contributed by atoms with Gasteiger partial charge in [-0.05, 0) is 44.6 Å². The summed E-state index contributed by atoms with van der Waals surface area (Å²) in [5.74, 6) is -3.64. The largest absolute Gasteiger partial charge is 0.390 e. The van der Waals surface area contributed by atoms with Gasteiger partial charge in [0, 0.05) is 36.0 Å². The lowest BCUT2D eigenvalue weighted by Crippen LogP contribution is -2.70. The summed E-state index contributed by atoms with van der Waals surface area (Å²) in [6.45, 7) is 6.02. The molecule has 0 bridgehead atoms. The Hall–Kier alpha value is -1.22. The van der Waals surface area contributed by atoms with Crippen molar-refractivity contribution in [2.75, 3.05) is 6.61 Å². The van der Waals surface area contributed by atoms with Crippen molar-refractivity contribution in [3.05, 3.63) is 11.4 Å². The van der Waals surface area contributed by atoms with E-state index in [4.69, 9.17) is 9.47 Å². The SMILES string of the molecule is CC1(C)O[C@@H]2CC3C4CC(F)=C5CC(=O)CC[C@]5(C)[C@@]4(F)C(O)C[C@]3(C)[C@]2(C(=O)CO)O1. The first-order valence-corrected chi connectivity index (χ1v) is 11.6. The molecule has 1 aliphatic heterocycles. The third kappa shape index (κ3) is 2.37. The summed E-state index contributed by atoms with van der Waals surface area (Å²) in [5, 5.41) is 21.2. The van der Waals surface area contributed by atoms with E-state index >= 15 is 8.78 Å². The normalized spacial score (nSPS) is 51.7. The molecular weight excluding hydrogens is 422 g/mol. The number of alkyl halides is 1. The number of ketones is 2. The van der Waals surface area contributed by atoms with Crippen LogP contribution in [0.1, 0.15) is 66.2 Å². The molecular formula is C24H32F2O6. The van der Waals surface area contributed by atoms with Crippen LogP contribution in [0.15, 0.2) is 11.4 Å². The van der Waals surface area contributed by atoms with Crippen molar-refractivity contribution in [1.82, 2.24) is 0 Å². The highest BCUT2D eigenvalue weighted by Gasteiger charge is 2.80. The molecule has 8 heteroatoms. The van der Waals surface area contributed by atoms with Gasteiger partial charge < -0.3 is 19.7 Å². The van der Waals surface area contributed by atoms with Crippen LogP contribution in [0, 0.1) is 22.7 Å². The summed E-state index contributed by atoms with van der Waals surface area (Å²) in [6.07, 6.45) is -2.07. The van der Waals surface area contributed by atoms with E-state index in [1.807, 2.05) is 0 Å². The van der Waals surface area contributed by atoms with E-state index in [2.05, 4.69) is 0 Å². The second-order valence-corrected chi connectivity index (χ2v) is 11.4. The van der Waals surface area contributed by atoms with Gasteiger partial charge in [-0.2, -0.15) is 0 Å². The Morgan fingerprint density at radius 2 is 1.91 bits per heavy atom. The van der Waals surface area contributed by atoms with E-state index in [0.29, 0.717) is 0 Å². The standard InChI is InChI=1S/C24H32F2O6/c1-20(2)31-19-9-13-14-8-16(25)15-7-12(28)5-6-21(15,3)23(14,26)17(29)10-22(13,4)24(19,32-20)18(30)11-27/h13-14,17,19,27,29H,5-11H2,1-4H3/t13?,14?,17?,19-,21+,22+,23+,24-/m1/s1. The fourth-order valence-corrected chi connectivity index (χ4v) is 8.26. The zero-order chi connectivity index (χ0) is 23.5. The van der Waals surface area contributed by atoms with Crippen LogP contribution in [0.2, 0.25) is 0 Å². The minimum atomic E-state index is -2.14. The maximum atomic E-state index is 17.2. The Bertz CT molecular complexity index is 931. The zero-order valence-electron chi connectivity index (χ0n) is 19.0. The molecule has 4 aliphatic carbocycles. The van der Waals surface area contributed by atoms with Crippen LogP contribution in [-0.2, 0) is 19.1 Å². The van der Waals surface area contributed by atoms with Gasteiger partial charge in [0.05, 0.1) is 12.2 Å². The summed E-state index contributed by atoms with van der Waals surface area (Å²) in [7, 11) is 0. The van der Waals surface area contributed by atoms with Crippen LogP contribution < -0.4 is 0 Å². The molecule has 32 heavy (non-hydrogen) atoms. The number of ether oxygens (including phenoxy) is 2. The molecule has 1 heterocycles. The fourth-order valence-electron chi connectivity index (χ4n) is 8.26. The number of rotatable bonds is 2. The molecule has 0 spiro atoms. The van der Waals surface area contributed by atoms with Crippen LogP contribution in [0.25, 0.3) is 0 Å². The first-order valence-electron chi connectivity index (χ1n) is 11.6. The molecule has 8 atom stereocenters. The van der Waals surface area contributed by atoms with Gasteiger partial charge in [0.25, 0.3) is 0 Å². The van der Waals surface area contributed by atoms with Gasteiger partial charge in [-0.25, -0.2) is 8.78 Å². The van der Waals surface area contributed by atoms with Crippen molar-refractivity contribution >= 4 is 11.6 Å². The van der Waals surface area contributed by atoms with Gasteiger partial charge in [-0.1, -0.05) is 13.8 Å². The van der Waals surface area contributed by atoms with Crippen LogP contribution >= 0.6 is 0 Å². The lowest BCUT2D eigenvalue weighted by molar-refractivity contribution is -0.249. The van der Waals surface area contributed by atoms with Gasteiger partial charge in [-0.15, -0.1) is 0 Å². The molecule has 5 rings (SSSR count). The van der Waals surface area contributed by atoms with Crippen molar-refractivity contribution in [2.24, 2.45) is 22.7 Å². The Morgan fingerprint density at radius 3 is 2.56 bits per heavy atom. The highest BCUT2D eigenvalue weighted by molar-refractivity contribution is 5.91. The van der Waals surface area contributed by atoms with Gasteiger partial charge in [0.2, 0.25) is 0 Å². The molecule has 2 N–H and O–H groups in total. The molecule has 3 unspecified atom stereocenters. The zero-order valence-corrected chi connectivity index (χ0v) is 19.0. The highest BCUT2D eigenvalue weighted by atomic mass is 19.1. The van der Waals surface area contributed by atoms with Gasteiger partial charge in [-0.3, -0.25) is 9.59 Å². The molecule has 3 saturated carbocycles. The number of Topliss-reactive ketones (excluding diaryl/α,β-unsaturated/α-hetero) is 2. The number of allylic oxidation sites excluding steroid dienone is 2. The van der Waals surface area contributed by atoms with Crippen LogP contribution in [0.5, 0.6) is 0 Å². The number of hydrogen-bond acceptors (Lipinski definition) is 6. The third-order valence-electron chi connectivity index (χ3n) is 9.62. The first kappa shape index (κ1) is 22.6. The quantitative estimate of drug-likeness (QED) is 0.667. The van der Waals surface area contributed by atoms with Gasteiger partial charge >= 0.3 is 0 Å². The summed E-state index contributed by atoms with van der Waals surface area (Å²) in [4.78, 5) is 25.2. The smallest absolute Gasteiger partial charge is 0.193 e. The number of carbonyl (C=O) groups is 2. The van der Waals surface area contributed by atoms with E-state index in [1.54, 1.807) is 27.7 Å². The summed E-state index contributed by atoms with van der Waals surface area (Å²) in [5.41, 5.74) is -5.84. The van der Waals surface area contributed by atoms with Gasteiger partial charge in [0.15, 0.2) is 17.2 Å². The van der Waals surface area contributed by atoms with E-state index in [9.17, 15) is 19.8 Å². The van der Waals surface area contributed by atoms with E-state index in [-0.39, 0.29) is 49.9 Å². The van der Waals surface area contributed by atoms with Crippen LogP contribution in [-0.4, -0.2) is 57.7 Å². The minimum Gasteiger partial charge on any atom is -0.390 e. The molecule has 0 aromatic carbocycles. The molecule has 0 amide bonds. The molecule has 4 fully saturated rings. The third-order valence-corrected chi connectivity index (χ3v) is 9.62. The molecule has 0 aromatic rings. The number of carbonyl (C=O) groups excluding carboxylic acids is 2. The number of aliphatic hydroxyl groups is 2. The van der Waals surface area contributed by atoms with Crippen molar-refractivity contribution in [3.8, 4) is 0 Å². The monoisotopic (exact) mass is 454 g/mol. The average Bonchev–Trinajstić information content (AvgIpc) is 3.11. The fraction of sp³-hybridized carbons (Fsp3) is 0.833. The van der Waals surface area contributed by atoms with Crippen molar-refractivity contribution in [2.45, 2.75) is 95.5 Å². The van der Waals surface area contributed by atoms with Crippen molar-refractivity contribution in [1.29, 1.82) is 0 Å². The lowest BCUT2D eigenvalue weighted by Gasteiger charge is -2.63. The Balaban J connectivity index is 1.66. The van der Waals surface area contributed by atoms with E-state index in [0.717, 1.165) is 0 Å². The minimum absolute atomic E-state index is 0.0786. The van der Waals surface area contributed by atoms with Gasteiger partial charge in [0.1, 0.15) is 23.9 Å². The molecule has 6 nitrogen and oxygen atoms in total. The molecule has 1 saturated heterocycles. The van der Waals surface area contributed by atoms with Crippen LogP contribution in [0.3, 0.4) is 0 Å². The lowest BCUT2D eigenvalue weighted by atomic mass is 9.44. The number of halogens is 2. The molecule has 0 aromatic heterocycles. The average molecular weight is 455 g/mol. The number of fused-ring (bicyclic) bond motifs is 7. The predicted octanol–water partition coefficient (Wildman–Crippen LogP) is 2.94. The van der Waals surface area contributed by atoms with E-state index in [1.165, 1.54) is 0 Å². The van der Waals surface area contributed by atoms with Crippen molar-refractivity contribution < 1.29 is 38.1 Å². The van der Waals surface area contributed by atoms with Crippen LogP contribution in [0.4, 0.5) is 8.78 Å². The highest BCUT2D eigenvalue weighted by Crippen LogP contribution is 2.73. The summed E-state index contributed by atoms with van der Waals surface area (Å²) >= 11 is 0. The topological polar surface area (TPSA) is 93.1 Å². The molecule has 178 valence electrons. The second-order valence-electron chi connectivity index (χ2n) is 11.4. The Kier molecular flexibility index (Phi) is 4.56. The maximum Gasteiger partial charge on any atom is 0.193 e. The molecule has 5 aliphatic rings. The maximum absolute atomic E-state index is 17.2. The number of hydrogen-bond donors (Lipinski definition) is 2. The van der Waals surface area contributed by atoms with E-state index < -0.39 is 70.1 Å². The first-order chi connectivity index (χ1) is 14.8. The predicted molar refractivity (Wildman–Crippen MR) is 109 cm³/mol. The Morgan fingerprint density at radius 1 is 1.22 bits per heavy atom.